The van der Waals surface area contributed by atoms with Gasteiger partial charge in [-0.3, -0.25) is 9.89 Å². The topological polar surface area (TPSA) is 83.8 Å². The second-order valence-electron chi connectivity index (χ2n) is 3.92. The molecule has 1 amide bonds. The van der Waals surface area contributed by atoms with Crippen LogP contribution < -0.4 is 11.1 Å². The van der Waals surface area contributed by atoms with Crippen molar-refractivity contribution < 1.29 is 4.79 Å². The van der Waals surface area contributed by atoms with Gasteiger partial charge in [-0.15, -0.1) is 0 Å². The number of aromatic nitrogens is 2. The molecular formula is C9H14N4OS. The second-order valence-corrected chi connectivity index (χ2v) is 4.36. The number of aromatic amines is 1. The minimum Gasteiger partial charge on any atom is -0.393 e. The van der Waals surface area contributed by atoms with Crippen LogP contribution in [0.4, 0.5) is 0 Å². The van der Waals surface area contributed by atoms with Crippen molar-refractivity contribution >= 4 is 23.1 Å². The fourth-order valence-corrected chi connectivity index (χ4v) is 0.938. The molecule has 6 heteroatoms. The normalized spacial score (nSPS) is 11.1. The fourth-order valence-electron chi connectivity index (χ4n) is 0.865. The highest BCUT2D eigenvalue weighted by atomic mass is 32.1. The molecule has 0 atom stereocenters. The molecule has 5 nitrogen and oxygen atoms in total. The Morgan fingerprint density at radius 3 is 2.87 bits per heavy atom. The van der Waals surface area contributed by atoms with E-state index in [0.717, 1.165) is 0 Å². The van der Waals surface area contributed by atoms with Crippen LogP contribution in [0.25, 0.3) is 0 Å². The third-order valence-corrected chi connectivity index (χ3v) is 2.67. The average molecular weight is 226 g/mol. The lowest BCUT2D eigenvalue weighted by atomic mass is 9.93. The van der Waals surface area contributed by atoms with Gasteiger partial charge >= 0.3 is 0 Å². The van der Waals surface area contributed by atoms with Crippen molar-refractivity contribution in [2.24, 2.45) is 11.1 Å². The van der Waals surface area contributed by atoms with E-state index < -0.39 is 0 Å². The van der Waals surface area contributed by atoms with E-state index in [-0.39, 0.29) is 11.3 Å². The molecule has 82 valence electrons. The van der Waals surface area contributed by atoms with Gasteiger partial charge in [0.15, 0.2) is 0 Å². The number of carbonyl (C=O) groups is 1. The van der Waals surface area contributed by atoms with E-state index in [1.807, 2.05) is 13.8 Å². The highest BCUT2D eigenvalue weighted by Gasteiger charge is 2.22. The van der Waals surface area contributed by atoms with Gasteiger partial charge in [0, 0.05) is 18.2 Å². The quantitative estimate of drug-likeness (QED) is 0.651. The van der Waals surface area contributed by atoms with Crippen LogP contribution in [0.2, 0.25) is 0 Å². The van der Waals surface area contributed by atoms with Crippen molar-refractivity contribution in [3.63, 3.8) is 0 Å². The Hall–Kier alpha value is -1.43. The van der Waals surface area contributed by atoms with Crippen molar-refractivity contribution in [1.82, 2.24) is 15.5 Å². The number of nitrogens with zero attached hydrogens (tertiary/aromatic N) is 1. The van der Waals surface area contributed by atoms with E-state index in [1.165, 1.54) is 12.4 Å². The van der Waals surface area contributed by atoms with Gasteiger partial charge in [-0.2, -0.15) is 5.10 Å². The van der Waals surface area contributed by atoms with Gasteiger partial charge in [0.1, 0.15) is 0 Å². The number of amides is 1. The molecule has 0 aliphatic carbocycles. The maximum absolute atomic E-state index is 11.5. The standard InChI is InChI=1S/C9H14N4OS/c1-9(2,8(10)15)5-11-7(14)6-3-12-13-4-6/h3-4H,5H2,1-2H3,(H2,10,15)(H,11,14)(H,12,13). The summed E-state index contributed by atoms with van der Waals surface area (Å²) < 4.78 is 0. The third kappa shape index (κ3) is 3.02. The molecule has 1 aromatic heterocycles. The number of carbonyl (C=O) groups excluding carboxylic acids is 1. The van der Waals surface area contributed by atoms with Gasteiger partial charge in [-0.1, -0.05) is 26.1 Å². The fraction of sp³-hybridized carbons (Fsp3) is 0.444. The predicted octanol–water partition coefficient (Wildman–Crippen LogP) is 0.452. The Morgan fingerprint density at radius 1 is 1.73 bits per heavy atom. The van der Waals surface area contributed by atoms with Crippen LogP contribution in [0, 0.1) is 5.41 Å². The molecule has 0 aromatic carbocycles. The van der Waals surface area contributed by atoms with E-state index >= 15 is 0 Å². The number of rotatable bonds is 4. The highest BCUT2D eigenvalue weighted by molar-refractivity contribution is 7.80. The zero-order valence-corrected chi connectivity index (χ0v) is 9.52. The summed E-state index contributed by atoms with van der Waals surface area (Å²) in [5.74, 6) is -0.187. The summed E-state index contributed by atoms with van der Waals surface area (Å²) in [5.41, 5.74) is 5.65. The third-order valence-electron chi connectivity index (χ3n) is 2.12. The molecule has 0 unspecified atom stereocenters. The number of nitrogens with one attached hydrogen (secondary N) is 2. The number of thiocarbonyl (C=S) groups is 1. The van der Waals surface area contributed by atoms with Crippen molar-refractivity contribution in [3.8, 4) is 0 Å². The van der Waals surface area contributed by atoms with Crippen molar-refractivity contribution in [2.75, 3.05) is 6.54 Å². The van der Waals surface area contributed by atoms with Crippen molar-refractivity contribution in [1.29, 1.82) is 0 Å². The molecule has 0 spiro atoms. The molecule has 4 N–H and O–H groups in total. The Balaban J connectivity index is 2.51. The van der Waals surface area contributed by atoms with Gasteiger partial charge < -0.3 is 11.1 Å². The summed E-state index contributed by atoms with van der Waals surface area (Å²) in [6, 6.07) is 0. The monoisotopic (exact) mass is 226 g/mol. The summed E-state index contributed by atoms with van der Waals surface area (Å²) in [5, 5.41) is 9.00. The van der Waals surface area contributed by atoms with Gasteiger partial charge in [0.05, 0.1) is 16.7 Å². The van der Waals surface area contributed by atoms with Crippen LogP contribution in [0.5, 0.6) is 0 Å². The molecule has 1 rings (SSSR count). The summed E-state index contributed by atoms with van der Waals surface area (Å²) in [6.07, 6.45) is 2.99. The number of hydrogen-bond acceptors (Lipinski definition) is 3. The van der Waals surface area contributed by atoms with Crippen LogP contribution >= 0.6 is 12.2 Å². The molecule has 1 aromatic rings. The largest absolute Gasteiger partial charge is 0.393 e. The van der Waals surface area contributed by atoms with Crippen molar-refractivity contribution in [2.45, 2.75) is 13.8 Å². The second kappa shape index (κ2) is 4.39. The summed E-state index contributed by atoms with van der Waals surface area (Å²) in [4.78, 5) is 11.9. The van der Waals surface area contributed by atoms with Gasteiger partial charge in [-0.05, 0) is 0 Å². The van der Waals surface area contributed by atoms with Gasteiger partial charge in [0.25, 0.3) is 5.91 Å². The lowest BCUT2D eigenvalue weighted by Gasteiger charge is -2.23. The first-order valence-electron chi connectivity index (χ1n) is 4.50. The van der Waals surface area contributed by atoms with E-state index in [0.29, 0.717) is 17.1 Å². The lowest BCUT2D eigenvalue weighted by molar-refractivity contribution is 0.0945. The summed E-state index contributed by atoms with van der Waals surface area (Å²) in [6.45, 7) is 4.17. The smallest absolute Gasteiger partial charge is 0.254 e. The SMILES string of the molecule is CC(C)(CNC(=O)c1cn[nH]c1)C(N)=S. The highest BCUT2D eigenvalue weighted by Crippen LogP contribution is 2.13. The summed E-state index contributed by atoms with van der Waals surface area (Å²) >= 11 is 4.89. The van der Waals surface area contributed by atoms with E-state index in [1.54, 1.807) is 0 Å². The first-order chi connectivity index (χ1) is 6.93. The minimum absolute atomic E-state index is 0.187. The molecule has 0 radical (unpaired) electrons. The average Bonchev–Trinajstić information content (AvgIpc) is 2.66. The molecule has 0 saturated heterocycles. The molecule has 0 aliphatic heterocycles. The first kappa shape index (κ1) is 11.6. The van der Waals surface area contributed by atoms with Crippen LogP contribution in [-0.2, 0) is 0 Å². The van der Waals surface area contributed by atoms with E-state index in [4.69, 9.17) is 18.0 Å². The maximum Gasteiger partial charge on any atom is 0.254 e. The molecule has 0 fully saturated rings. The number of H-pyrrole nitrogens is 1. The van der Waals surface area contributed by atoms with Crippen LogP contribution in [-0.4, -0.2) is 27.6 Å². The molecule has 15 heavy (non-hydrogen) atoms. The first-order valence-corrected chi connectivity index (χ1v) is 4.91. The number of hydrogen-bond donors (Lipinski definition) is 3. The molecular weight excluding hydrogens is 212 g/mol. The van der Waals surface area contributed by atoms with Gasteiger partial charge in [0.2, 0.25) is 0 Å². The van der Waals surface area contributed by atoms with Crippen LogP contribution in [0.1, 0.15) is 24.2 Å². The van der Waals surface area contributed by atoms with Crippen LogP contribution in [0.15, 0.2) is 12.4 Å². The van der Waals surface area contributed by atoms with Gasteiger partial charge in [-0.25, -0.2) is 0 Å². The predicted molar refractivity (Wildman–Crippen MR) is 61.5 cm³/mol. The zero-order valence-electron chi connectivity index (χ0n) is 8.70. The minimum atomic E-state index is -0.380. The number of nitrogens with two attached hydrogens (primary N) is 1. The van der Waals surface area contributed by atoms with Crippen LogP contribution in [0.3, 0.4) is 0 Å². The Bertz CT molecular complexity index is 358. The van der Waals surface area contributed by atoms with E-state index in [9.17, 15) is 4.79 Å². The molecule has 0 bridgehead atoms. The molecule has 0 aliphatic rings. The summed E-state index contributed by atoms with van der Waals surface area (Å²) in [7, 11) is 0. The maximum atomic E-state index is 11.5. The molecule has 0 saturated carbocycles. The Morgan fingerprint density at radius 2 is 2.40 bits per heavy atom. The molecule has 1 heterocycles. The zero-order chi connectivity index (χ0) is 11.5. The Labute approximate surface area is 93.4 Å². The lowest BCUT2D eigenvalue weighted by Crippen LogP contribution is -2.41. The van der Waals surface area contributed by atoms with E-state index in [2.05, 4.69) is 15.5 Å². The van der Waals surface area contributed by atoms with Crippen molar-refractivity contribution in [3.05, 3.63) is 18.0 Å². The Kier molecular flexibility index (Phi) is 3.41.